The van der Waals surface area contributed by atoms with Crippen molar-refractivity contribution in [1.29, 1.82) is 0 Å². The third kappa shape index (κ3) is 3.18. The number of nitrogens with zero attached hydrogens (tertiary/aromatic N) is 2. The summed E-state index contributed by atoms with van der Waals surface area (Å²) in [5, 5.41) is 5.75. The van der Waals surface area contributed by atoms with Gasteiger partial charge in [-0.1, -0.05) is 12.1 Å². The number of carbonyl (C=O) groups is 2. The van der Waals surface area contributed by atoms with Crippen LogP contribution in [0, 0.1) is 5.92 Å². The first kappa shape index (κ1) is 16.3. The van der Waals surface area contributed by atoms with Crippen LogP contribution in [0.2, 0.25) is 0 Å². The first-order chi connectivity index (χ1) is 12.7. The number of nitrogens with one attached hydrogen (secondary N) is 2. The van der Waals surface area contributed by atoms with Gasteiger partial charge in [-0.05, 0) is 56.2 Å². The Labute approximate surface area is 151 Å². The zero-order valence-corrected chi connectivity index (χ0v) is 14.5. The molecule has 132 valence electrons. The lowest BCUT2D eigenvalue weighted by molar-refractivity contribution is -0.117. The highest BCUT2D eigenvalue weighted by atomic mass is 16.2. The molecule has 0 aliphatic heterocycles. The maximum absolute atomic E-state index is 12.6. The van der Waals surface area contributed by atoms with Gasteiger partial charge in [0.25, 0.3) is 5.91 Å². The van der Waals surface area contributed by atoms with Crippen molar-refractivity contribution in [3.8, 4) is 0 Å². The molecule has 1 saturated carbocycles. The van der Waals surface area contributed by atoms with Gasteiger partial charge < -0.3 is 9.88 Å². The Hall–Kier alpha value is -3.15. The minimum absolute atomic E-state index is 0.0545. The number of rotatable bonds is 5. The minimum atomic E-state index is -0.227. The van der Waals surface area contributed by atoms with Crippen LogP contribution in [0.25, 0.3) is 11.0 Å². The van der Waals surface area contributed by atoms with E-state index in [1.54, 1.807) is 24.3 Å². The number of benzene rings is 2. The molecule has 1 fully saturated rings. The van der Waals surface area contributed by atoms with Crippen LogP contribution in [0.15, 0.2) is 48.5 Å². The average molecular weight is 348 g/mol. The average Bonchev–Trinajstić information content (AvgIpc) is 3.44. The number of aryl methyl sites for hydroxylation is 1. The summed E-state index contributed by atoms with van der Waals surface area (Å²) < 4.78 is 1.97. The van der Waals surface area contributed by atoms with Gasteiger partial charge in [0.15, 0.2) is 0 Å². The number of imidazole rings is 1. The Morgan fingerprint density at radius 2 is 1.81 bits per heavy atom. The maximum Gasteiger partial charge on any atom is 0.257 e. The summed E-state index contributed by atoms with van der Waals surface area (Å²) in [5.74, 6) is 0.513. The molecule has 1 heterocycles. The molecule has 1 aliphatic rings. The third-order valence-corrected chi connectivity index (χ3v) is 4.56. The van der Waals surface area contributed by atoms with E-state index in [2.05, 4.69) is 15.6 Å². The number of amides is 2. The van der Waals surface area contributed by atoms with Crippen molar-refractivity contribution in [2.24, 2.45) is 5.92 Å². The van der Waals surface area contributed by atoms with Gasteiger partial charge in [-0.25, -0.2) is 4.98 Å². The third-order valence-electron chi connectivity index (χ3n) is 4.56. The number of fused-ring (bicyclic) bond motifs is 1. The molecule has 2 N–H and O–H groups in total. The summed E-state index contributed by atoms with van der Waals surface area (Å²) in [6.45, 7) is 2.73. The summed E-state index contributed by atoms with van der Waals surface area (Å²) in [4.78, 5) is 28.9. The lowest BCUT2D eigenvalue weighted by Crippen LogP contribution is -2.16. The molecule has 6 heteroatoms. The molecular formula is C20H20N4O2. The van der Waals surface area contributed by atoms with Crippen molar-refractivity contribution in [1.82, 2.24) is 9.55 Å². The van der Waals surface area contributed by atoms with E-state index in [4.69, 9.17) is 0 Å². The standard InChI is InChI=1S/C20H20N4O2/c1-2-24-17-6-4-3-5-16(17)22-20(24)23-19(26)14-9-11-15(12-10-14)21-18(25)13-7-8-13/h3-6,9-13H,2,7-8H2,1H3,(H,21,25)(H,22,23,26). The fourth-order valence-corrected chi connectivity index (χ4v) is 2.96. The fraction of sp³-hybridized carbons (Fsp3) is 0.250. The van der Waals surface area contributed by atoms with Crippen LogP contribution in [0.3, 0.4) is 0 Å². The van der Waals surface area contributed by atoms with Gasteiger partial charge in [0.1, 0.15) is 0 Å². The van der Waals surface area contributed by atoms with Crippen LogP contribution in [-0.2, 0) is 11.3 Å². The van der Waals surface area contributed by atoms with Crippen molar-refractivity contribution in [3.05, 3.63) is 54.1 Å². The SMILES string of the molecule is CCn1c(NC(=O)c2ccc(NC(=O)C3CC3)cc2)nc2ccccc21. The van der Waals surface area contributed by atoms with Gasteiger partial charge in [-0.15, -0.1) is 0 Å². The zero-order valence-electron chi connectivity index (χ0n) is 14.5. The normalized spacial score (nSPS) is 13.6. The Kier molecular flexibility index (Phi) is 4.16. The van der Waals surface area contributed by atoms with E-state index in [0.29, 0.717) is 23.7 Å². The lowest BCUT2D eigenvalue weighted by Gasteiger charge is -2.09. The molecule has 26 heavy (non-hydrogen) atoms. The summed E-state index contributed by atoms with van der Waals surface area (Å²) >= 11 is 0. The molecule has 2 amide bonds. The maximum atomic E-state index is 12.6. The highest BCUT2D eigenvalue weighted by Crippen LogP contribution is 2.30. The molecular weight excluding hydrogens is 328 g/mol. The summed E-state index contributed by atoms with van der Waals surface area (Å²) in [6, 6.07) is 14.7. The smallest absolute Gasteiger partial charge is 0.257 e. The minimum Gasteiger partial charge on any atom is -0.326 e. The number of hydrogen-bond acceptors (Lipinski definition) is 3. The predicted octanol–water partition coefficient (Wildman–Crippen LogP) is 3.66. The van der Waals surface area contributed by atoms with Gasteiger partial charge in [0, 0.05) is 23.7 Å². The molecule has 2 aromatic carbocycles. The first-order valence-corrected chi connectivity index (χ1v) is 8.83. The summed E-state index contributed by atoms with van der Waals surface area (Å²) in [5.41, 5.74) is 3.06. The van der Waals surface area contributed by atoms with Crippen LogP contribution in [-0.4, -0.2) is 21.4 Å². The number of carbonyl (C=O) groups excluding carboxylic acids is 2. The van der Waals surface area contributed by atoms with Crippen LogP contribution >= 0.6 is 0 Å². The molecule has 0 radical (unpaired) electrons. The fourth-order valence-electron chi connectivity index (χ4n) is 2.96. The largest absolute Gasteiger partial charge is 0.326 e. The van der Waals surface area contributed by atoms with Gasteiger partial charge in [0.2, 0.25) is 11.9 Å². The van der Waals surface area contributed by atoms with E-state index in [1.165, 1.54) is 0 Å². The van der Waals surface area contributed by atoms with Crippen molar-refractivity contribution in [2.75, 3.05) is 10.6 Å². The van der Waals surface area contributed by atoms with E-state index in [1.807, 2.05) is 35.8 Å². The van der Waals surface area contributed by atoms with E-state index < -0.39 is 0 Å². The van der Waals surface area contributed by atoms with Crippen molar-refractivity contribution >= 4 is 34.5 Å². The topological polar surface area (TPSA) is 76.0 Å². The Morgan fingerprint density at radius 1 is 1.08 bits per heavy atom. The molecule has 0 spiro atoms. The molecule has 1 aromatic heterocycles. The molecule has 4 rings (SSSR count). The first-order valence-electron chi connectivity index (χ1n) is 8.83. The molecule has 0 saturated heterocycles. The van der Waals surface area contributed by atoms with Gasteiger partial charge >= 0.3 is 0 Å². The second kappa shape index (κ2) is 6.63. The molecule has 0 atom stereocenters. The van der Waals surface area contributed by atoms with Crippen LogP contribution < -0.4 is 10.6 Å². The van der Waals surface area contributed by atoms with E-state index in [9.17, 15) is 9.59 Å². The van der Waals surface area contributed by atoms with Crippen molar-refractivity contribution in [3.63, 3.8) is 0 Å². The van der Waals surface area contributed by atoms with Gasteiger partial charge in [0.05, 0.1) is 11.0 Å². The van der Waals surface area contributed by atoms with Crippen LogP contribution in [0.5, 0.6) is 0 Å². The number of aromatic nitrogens is 2. The van der Waals surface area contributed by atoms with Gasteiger partial charge in [-0.3, -0.25) is 14.9 Å². The van der Waals surface area contributed by atoms with Crippen molar-refractivity contribution < 1.29 is 9.59 Å². The Bertz CT molecular complexity index is 971. The van der Waals surface area contributed by atoms with E-state index in [0.717, 1.165) is 23.9 Å². The van der Waals surface area contributed by atoms with Crippen LogP contribution in [0.4, 0.5) is 11.6 Å². The van der Waals surface area contributed by atoms with Gasteiger partial charge in [-0.2, -0.15) is 0 Å². The summed E-state index contributed by atoms with van der Waals surface area (Å²) in [6.07, 6.45) is 1.93. The molecule has 3 aromatic rings. The zero-order chi connectivity index (χ0) is 18.1. The predicted molar refractivity (Wildman–Crippen MR) is 101 cm³/mol. The highest BCUT2D eigenvalue weighted by molar-refractivity contribution is 6.04. The lowest BCUT2D eigenvalue weighted by atomic mass is 10.2. The molecule has 1 aliphatic carbocycles. The Morgan fingerprint density at radius 3 is 2.50 bits per heavy atom. The number of anilines is 2. The summed E-state index contributed by atoms with van der Waals surface area (Å²) in [7, 11) is 0. The second-order valence-electron chi connectivity index (χ2n) is 6.46. The van der Waals surface area contributed by atoms with Crippen molar-refractivity contribution in [2.45, 2.75) is 26.3 Å². The van der Waals surface area contributed by atoms with Crippen LogP contribution in [0.1, 0.15) is 30.1 Å². The Balaban J connectivity index is 1.50. The number of para-hydroxylation sites is 2. The molecule has 0 bridgehead atoms. The molecule has 0 unspecified atom stereocenters. The van der Waals surface area contributed by atoms with E-state index in [-0.39, 0.29) is 17.7 Å². The highest BCUT2D eigenvalue weighted by Gasteiger charge is 2.29. The molecule has 6 nitrogen and oxygen atoms in total. The monoisotopic (exact) mass is 348 g/mol. The second-order valence-corrected chi connectivity index (χ2v) is 6.46. The number of hydrogen-bond donors (Lipinski definition) is 2. The van der Waals surface area contributed by atoms with E-state index >= 15 is 0 Å². The quantitative estimate of drug-likeness (QED) is 0.739.